The van der Waals surface area contributed by atoms with Crippen LogP contribution in [0.1, 0.15) is 30.7 Å². The Morgan fingerprint density at radius 3 is 2.63 bits per heavy atom. The van der Waals surface area contributed by atoms with E-state index in [4.69, 9.17) is 11.6 Å². The van der Waals surface area contributed by atoms with Crippen molar-refractivity contribution in [1.29, 1.82) is 0 Å². The molecular weight excluding hydrogens is 258 g/mol. The van der Waals surface area contributed by atoms with Crippen LogP contribution in [0, 0.1) is 13.8 Å². The van der Waals surface area contributed by atoms with Crippen LogP contribution in [0.2, 0.25) is 5.02 Å². The molecule has 0 atom stereocenters. The van der Waals surface area contributed by atoms with Gasteiger partial charge in [-0.1, -0.05) is 11.6 Å². The number of fused-ring (bicyclic) bond motifs is 3. The van der Waals surface area contributed by atoms with Gasteiger partial charge in [0.05, 0.1) is 5.02 Å². The fourth-order valence-corrected chi connectivity index (χ4v) is 3.22. The van der Waals surface area contributed by atoms with Gasteiger partial charge >= 0.3 is 0 Å². The lowest BCUT2D eigenvalue weighted by Gasteiger charge is -2.32. The number of hydrogen-bond donors (Lipinski definition) is 0. The summed E-state index contributed by atoms with van der Waals surface area (Å²) in [6.45, 7) is 11.9. The molecule has 0 bridgehead atoms. The summed E-state index contributed by atoms with van der Waals surface area (Å²) in [5.74, 6) is 0. The molecule has 2 aromatic rings. The molecule has 1 aliphatic heterocycles. The summed E-state index contributed by atoms with van der Waals surface area (Å²) < 4.78 is 2.37. The highest BCUT2D eigenvalue weighted by Crippen LogP contribution is 2.33. The summed E-state index contributed by atoms with van der Waals surface area (Å²) >= 11 is 6.22. The average molecular weight is 278 g/mol. The summed E-state index contributed by atoms with van der Waals surface area (Å²) in [5.41, 5.74) is 4.99. The van der Waals surface area contributed by atoms with Gasteiger partial charge in [-0.25, -0.2) is 4.98 Å². The monoisotopic (exact) mass is 277 g/mol. The predicted octanol–water partition coefficient (Wildman–Crippen LogP) is 3.53. The molecule has 0 unspecified atom stereocenters. The lowest BCUT2D eigenvalue weighted by molar-refractivity contribution is 0.178. The molecule has 0 aliphatic carbocycles. The van der Waals surface area contributed by atoms with E-state index in [9.17, 15) is 0 Å². The number of hydrogen-bond acceptors (Lipinski definition) is 2. The van der Waals surface area contributed by atoms with Gasteiger partial charge in [0.15, 0.2) is 0 Å². The van der Waals surface area contributed by atoms with Gasteiger partial charge in [0, 0.05) is 43.0 Å². The van der Waals surface area contributed by atoms with Gasteiger partial charge in [0.25, 0.3) is 0 Å². The lowest BCUT2D eigenvalue weighted by atomic mass is 10.1. The Balaban J connectivity index is 2.21. The number of rotatable bonds is 1. The first-order valence-electron chi connectivity index (χ1n) is 6.87. The molecule has 0 saturated carbocycles. The molecular formula is C15H20ClN3. The van der Waals surface area contributed by atoms with Crippen molar-refractivity contribution in [3.8, 4) is 0 Å². The Morgan fingerprint density at radius 2 is 1.95 bits per heavy atom. The molecule has 0 aromatic carbocycles. The second kappa shape index (κ2) is 4.50. The Morgan fingerprint density at radius 1 is 1.21 bits per heavy atom. The van der Waals surface area contributed by atoms with Crippen LogP contribution in [0.5, 0.6) is 0 Å². The van der Waals surface area contributed by atoms with Gasteiger partial charge in [0.2, 0.25) is 0 Å². The van der Waals surface area contributed by atoms with Crippen molar-refractivity contribution in [2.75, 3.05) is 6.54 Å². The van der Waals surface area contributed by atoms with Crippen LogP contribution in [0.15, 0.2) is 6.20 Å². The third kappa shape index (κ3) is 1.87. The Kier molecular flexibility index (Phi) is 3.06. The summed E-state index contributed by atoms with van der Waals surface area (Å²) in [6, 6.07) is 0.587. The molecule has 0 radical (unpaired) electrons. The van der Waals surface area contributed by atoms with Crippen molar-refractivity contribution >= 4 is 22.6 Å². The molecule has 1 aliphatic rings. The second-order valence-corrected chi connectivity index (χ2v) is 6.12. The number of halogens is 1. The second-order valence-electron chi connectivity index (χ2n) is 5.72. The number of pyridine rings is 1. The van der Waals surface area contributed by atoms with Gasteiger partial charge in [-0.05, 0) is 38.8 Å². The first kappa shape index (κ1) is 12.9. The van der Waals surface area contributed by atoms with Crippen molar-refractivity contribution in [2.24, 2.45) is 0 Å². The van der Waals surface area contributed by atoms with E-state index in [1.807, 2.05) is 0 Å². The zero-order valence-corrected chi connectivity index (χ0v) is 12.8. The molecule has 3 heterocycles. The minimum atomic E-state index is 0.587. The van der Waals surface area contributed by atoms with Gasteiger partial charge < -0.3 is 4.57 Å². The zero-order valence-electron chi connectivity index (χ0n) is 12.0. The minimum absolute atomic E-state index is 0.587. The maximum Gasteiger partial charge on any atom is 0.140 e. The maximum absolute atomic E-state index is 6.22. The summed E-state index contributed by atoms with van der Waals surface area (Å²) in [6.07, 6.45) is 1.78. The van der Waals surface area contributed by atoms with E-state index in [1.54, 1.807) is 6.20 Å². The average Bonchev–Trinajstić information content (AvgIpc) is 2.67. The van der Waals surface area contributed by atoms with Gasteiger partial charge in [-0.15, -0.1) is 0 Å². The quantitative estimate of drug-likeness (QED) is 0.795. The lowest BCUT2D eigenvalue weighted by Crippen LogP contribution is -2.38. The third-order valence-corrected chi connectivity index (χ3v) is 4.72. The van der Waals surface area contributed by atoms with Crippen LogP contribution in [0.25, 0.3) is 11.0 Å². The molecule has 102 valence electrons. The van der Waals surface area contributed by atoms with E-state index in [2.05, 4.69) is 42.1 Å². The fraction of sp³-hybridized carbons (Fsp3) is 0.533. The number of nitrogens with zero attached hydrogens (tertiary/aromatic N) is 3. The molecule has 0 N–H and O–H groups in total. The number of aromatic nitrogens is 2. The molecule has 3 nitrogen and oxygen atoms in total. The van der Waals surface area contributed by atoms with E-state index in [-0.39, 0.29) is 0 Å². The van der Waals surface area contributed by atoms with Crippen molar-refractivity contribution in [3.05, 3.63) is 28.0 Å². The number of aryl methyl sites for hydroxylation is 2. The van der Waals surface area contributed by atoms with Crippen LogP contribution in [0.3, 0.4) is 0 Å². The van der Waals surface area contributed by atoms with E-state index < -0.39 is 0 Å². The van der Waals surface area contributed by atoms with E-state index in [1.165, 1.54) is 16.6 Å². The summed E-state index contributed by atoms with van der Waals surface area (Å²) in [5, 5.41) is 2.01. The molecule has 0 fully saturated rings. The molecule has 4 heteroatoms. The van der Waals surface area contributed by atoms with Crippen LogP contribution in [-0.2, 0) is 13.1 Å². The molecule has 19 heavy (non-hydrogen) atoms. The van der Waals surface area contributed by atoms with E-state index in [0.717, 1.165) is 35.9 Å². The molecule has 0 saturated heterocycles. The van der Waals surface area contributed by atoms with Crippen LogP contribution < -0.4 is 0 Å². The first-order chi connectivity index (χ1) is 9.00. The maximum atomic E-state index is 6.22. The van der Waals surface area contributed by atoms with Crippen molar-refractivity contribution < 1.29 is 0 Å². The van der Waals surface area contributed by atoms with Crippen molar-refractivity contribution in [3.63, 3.8) is 0 Å². The highest BCUT2D eigenvalue weighted by atomic mass is 35.5. The Hall–Kier alpha value is -1.06. The van der Waals surface area contributed by atoms with Crippen LogP contribution >= 0.6 is 11.6 Å². The Labute approximate surface area is 119 Å². The van der Waals surface area contributed by atoms with E-state index >= 15 is 0 Å². The molecule has 2 aromatic heterocycles. The Bertz CT molecular complexity index is 643. The zero-order chi connectivity index (χ0) is 13.7. The van der Waals surface area contributed by atoms with Gasteiger partial charge in [-0.3, -0.25) is 4.90 Å². The molecule has 0 amide bonds. The SMILES string of the molecule is Cc1c(Cl)cnc2c1c(C)c1n2CCN(C(C)C)C1. The fourth-order valence-electron chi connectivity index (χ4n) is 3.08. The highest BCUT2D eigenvalue weighted by Gasteiger charge is 2.24. The van der Waals surface area contributed by atoms with E-state index in [0.29, 0.717) is 6.04 Å². The van der Waals surface area contributed by atoms with Crippen molar-refractivity contribution in [1.82, 2.24) is 14.5 Å². The van der Waals surface area contributed by atoms with Gasteiger partial charge in [0.1, 0.15) is 5.65 Å². The van der Waals surface area contributed by atoms with Crippen LogP contribution in [-0.4, -0.2) is 27.0 Å². The normalized spacial score (nSPS) is 16.3. The summed E-state index contributed by atoms with van der Waals surface area (Å²) in [7, 11) is 0. The summed E-state index contributed by atoms with van der Waals surface area (Å²) in [4.78, 5) is 7.07. The first-order valence-corrected chi connectivity index (χ1v) is 7.25. The van der Waals surface area contributed by atoms with Crippen molar-refractivity contribution in [2.45, 2.75) is 46.8 Å². The standard InChI is InChI=1S/C15H20ClN3/c1-9(2)18-5-6-19-13(8-18)11(4)14-10(3)12(16)7-17-15(14)19/h7,9H,5-6,8H2,1-4H3. The largest absolute Gasteiger partial charge is 0.327 e. The smallest absolute Gasteiger partial charge is 0.140 e. The van der Waals surface area contributed by atoms with Gasteiger partial charge in [-0.2, -0.15) is 0 Å². The predicted molar refractivity (Wildman–Crippen MR) is 79.8 cm³/mol. The molecule has 0 spiro atoms. The molecule has 3 rings (SSSR count). The topological polar surface area (TPSA) is 21.1 Å². The minimum Gasteiger partial charge on any atom is -0.327 e. The third-order valence-electron chi connectivity index (χ3n) is 4.34. The highest BCUT2D eigenvalue weighted by molar-refractivity contribution is 6.32. The van der Waals surface area contributed by atoms with Crippen LogP contribution in [0.4, 0.5) is 0 Å².